The number of nitrogens with zero attached hydrogens (tertiary/aromatic N) is 5. The molecule has 4 aliphatic heterocycles. The first-order valence-electron chi connectivity index (χ1n) is 14.0. The average molecular weight is 544 g/mol. The van der Waals surface area contributed by atoms with Crippen LogP contribution >= 0.6 is 0 Å². The maximum Gasteiger partial charge on any atom is 0.323 e. The molecule has 208 valence electrons. The van der Waals surface area contributed by atoms with Crippen LogP contribution in [-0.4, -0.2) is 76.7 Å². The Labute approximate surface area is 232 Å². The maximum absolute atomic E-state index is 12.5. The molecule has 4 fully saturated rings. The van der Waals surface area contributed by atoms with Gasteiger partial charge >= 0.3 is 6.03 Å². The number of carbonyl (C=O) groups excluding carboxylic acids is 1. The monoisotopic (exact) mass is 543 g/mol. The van der Waals surface area contributed by atoms with Crippen molar-refractivity contribution >= 4 is 29.3 Å². The van der Waals surface area contributed by atoms with E-state index in [-0.39, 0.29) is 36.8 Å². The van der Waals surface area contributed by atoms with Crippen LogP contribution in [0.25, 0.3) is 11.4 Å². The van der Waals surface area contributed by atoms with E-state index in [4.69, 9.17) is 24.4 Å². The van der Waals surface area contributed by atoms with Crippen molar-refractivity contribution < 1.29 is 19.4 Å². The van der Waals surface area contributed by atoms with E-state index < -0.39 is 0 Å². The van der Waals surface area contributed by atoms with Gasteiger partial charge in [0.1, 0.15) is 0 Å². The van der Waals surface area contributed by atoms with Crippen molar-refractivity contribution in [1.29, 1.82) is 0 Å². The first-order valence-corrected chi connectivity index (χ1v) is 14.0. The predicted molar refractivity (Wildman–Crippen MR) is 150 cm³/mol. The van der Waals surface area contributed by atoms with Crippen molar-refractivity contribution in [3.05, 3.63) is 54.1 Å². The molecule has 3 N–H and O–H groups in total. The quantitative estimate of drug-likeness (QED) is 0.429. The van der Waals surface area contributed by atoms with Crippen LogP contribution in [0.3, 0.4) is 0 Å². The van der Waals surface area contributed by atoms with E-state index in [1.54, 1.807) is 24.3 Å². The fraction of sp³-hybridized carbons (Fsp3) is 0.448. The molecule has 1 aromatic heterocycles. The standard InChI is InChI=1S/C29H33N7O4/c37-13-18-1-5-20(6-2-18)30-29(38)31-21-7-3-19(4-8-21)26-32-27(35-22-9-10-23(35)15-39-14-22)34-28(33-26)36-24-11-12-25(36)17-40-16-24/h1-8,22-25,37H,9-17H2,(H2,30,31,38). The molecule has 4 unspecified atom stereocenters. The molecule has 3 aromatic rings. The van der Waals surface area contributed by atoms with Gasteiger partial charge in [0.25, 0.3) is 0 Å². The molecule has 40 heavy (non-hydrogen) atoms. The number of nitrogens with one attached hydrogen (secondary N) is 2. The molecule has 4 atom stereocenters. The number of fused-ring (bicyclic) bond motifs is 4. The SMILES string of the molecule is O=C(Nc1ccc(CO)cc1)Nc1ccc(-c2nc(N3C4CCC3COC4)nc(N3C4CCC3COC4)n2)cc1. The van der Waals surface area contributed by atoms with Gasteiger partial charge in [-0.25, -0.2) is 4.79 Å². The van der Waals surface area contributed by atoms with Crippen molar-refractivity contribution in [2.24, 2.45) is 0 Å². The Bertz CT molecular complexity index is 1290. The first-order chi connectivity index (χ1) is 19.6. The number of aromatic nitrogens is 3. The third-order valence-corrected chi connectivity index (χ3v) is 8.35. The van der Waals surface area contributed by atoms with Crippen LogP contribution in [0.1, 0.15) is 31.2 Å². The molecule has 5 heterocycles. The second kappa shape index (κ2) is 10.6. The van der Waals surface area contributed by atoms with E-state index in [2.05, 4.69) is 20.4 Å². The molecule has 11 heteroatoms. The number of aliphatic hydroxyl groups is 1. The van der Waals surface area contributed by atoms with Crippen LogP contribution in [0.4, 0.5) is 28.1 Å². The third kappa shape index (κ3) is 4.85. The molecule has 4 bridgehead atoms. The van der Waals surface area contributed by atoms with Gasteiger partial charge in [0.05, 0.1) is 57.2 Å². The van der Waals surface area contributed by atoms with Gasteiger partial charge in [-0.2, -0.15) is 15.0 Å². The minimum Gasteiger partial charge on any atom is -0.392 e. The summed E-state index contributed by atoms with van der Waals surface area (Å²) in [6.07, 6.45) is 4.32. The number of benzene rings is 2. The molecule has 2 amide bonds. The van der Waals surface area contributed by atoms with Crippen molar-refractivity contribution in [3.63, 3.8) is 0 Å². The predicted octanol–water partition coefficient (Wildman–Crippen LogP) is 3.41. The normalized spacial score (nSPS) is 25.2. The second-order valence-corrected chi connectivity index (χ2v) is 10.9. The zero-order chi connectivity index (χ0) is 27.1. The summed E-state index contributed by atoms with van der Waals surface area (Å²) in [4.78, 5) is 32.2. The van der Waals surface area contributed by atoms with Crippen LogP contribution in [0.15, 0.2) is 48.5 Å². The van der Waals surface area contributed by atoms with E-state index in [0.29, 0.717) is 43.6 Å². The van der Waals surface area contributed by atoms with E-state index in [0.717, 1.165) is 48.7 Å². The first kappa shape index (κ1) is 25.2. The number of morpholine rings is 2. The van der Waals surface area contributed by atoms with E-state index in [9.17, 15) is 9.90 Å². The van der Waals surface area contributed by atoms with Crippen molar-refractivity contribution in [2.75, 3.05) is 46.9 Å². The van der Waals surface area contributed by atoms with Gasteiger partial charge in [-0.15, -0.1) is 0 Å². The Hall–Kier alpha value is -3.80. The molecule has 4 aliphatic rings. The molecule has 11 nitrogen and oxygen atoms in total. The average Bonchev–Trinajstić information content (AvgIpc) is 3.39. The number of anilines is 4. The molecule has 4 saturated heterocycles. The number of rotatable bonds is 6. The summed E-state index contributed by atoms with van der Waals surface area (Å²) in [6.45, 7) is 2.75. The smallest absolute Gasteiger partial charge is 0.323 e. The van der Waals surface area contributed by atoms with Crippen LogP contribution in [-0.2, 0) is 16.1 Å². The Morgan fingerprint density at radius 1 is 0.725 bits per heavy atom. The number of urea groups is 1. The highest BCUT2D eigenvalue weighted by Gasteiger charge is 2.42. The molecule has 2 aromatic carbocycles. The Morgan fingerprint density at radius 3 is 1.62 bits per heavy atom. The maximum atomic E-state index is 12.5. The fourth-order valence-electron chi connectivity index (χ4n) is 6.31. The summed E-state index contributed by atoms with van der Waals surface area (Å²) in [7, 11) is 0. The summed E-state index contributed by atoms with van der Waals surface area (Å²) >= 11 is 0. The number of ether oxygens (including phenoxy) is 2. The summed E-state index contributed by atoms with van der Waals surface area (Å²) in [5.74, 6) is 2.06. The van der Waals surface area contributed by atoms with Gasteiger partial charge in [-0.05, 0) is 67.6 Å². The van der Waals surface area contributed by atoms with Crippen LogP contribution in [0, 0.1) is 0 Å². The molecule has 0 spiro atoms. The topological polar surface area (TPSA) is 125 Å². The molecule has 0 saturated carbocycles. The number of carbonyl (C=O) groups is 1. The molecule has 7 rings (SSSR count). The second-order valence-electron chi connectivity index (χ2n) is 10.9. The fourth-order valence-corrected chi connectivity index (χ4v) is 6.31. The Balaban J connectivity index is 1.14. The van der Waals surface area contributed by atoms with Crippen molar-refractivity contribution in [3.8, 4) is 11.4 Å². The number of aliphatic hydroxyl groups excluding tert-OH is 1. The van der Waals surface area contributed by atoms with Crippen molar-refractivity contribution in [2.45, 2.75) is 56.5 Å². The van der Waals surface area contributed by atoms with E-state index in [1.807, 2.05) is 24.3 Å². The lowest BCUT2D eigenvalue weighted by Gasteiger charge is -2.37. The highest BCUT2D eigenvalue weighted by atomic mass is 16.5. The number of hydrogen-bond donors (Lipinski definition) is 3. The molecule has 0 aliphatic carbocycles. The van der Waals surface area contributed by atoms with Gasteiger partial charge in [-0.3, -0.25) is 0 Å². The molecular weight excluding hydrogens is 510 g/mol. The Morgan fingerprint density at radius 2 is 1.18 bits per heavy atom. The number of amides is 2. The zero-order valence-electron chi connectivity index (χ0n) is 22.2. The van der Waals surface area contributed by atoms with Crippen LogP contribution in [0.2, 0.25) is 0 Å². The summed E-state index contributed by atoms with van der Waals surface area (Å²) in [6, 6.07) is 15.4. The van der Waals surface area contributed by atoms with E-state index in [1.165, 1.54) is 0 Å². The van der Waals surface area contributed by atoms with Gasteiger partial charge in [0.2, 0.25) is 11.9 Å². The Kier molecular flexibility index (Phi) is 6.70. The van der Waals surface area contributed by atoms with Gasteiger partial charge < -0.3 is 35.0 Å². The zero-order valence-corrected chi connectivity index (χ0v) is 22.2. The summed E-state index contributed by atoms with van der Waals surface area (Å²) in [5.41, 5.74) is 2.94. The third-order valence-electron chi connectivity index (χ3n) is 8.35. The van der Waals surface area contributed by atoms with Crippen molar-refractivity contribution in [1.82, 2.24) is 15.0 Å². The summed E-state index contributed by atoms with van der Waals surface area (Å²) < 4.78 is 11.6. The van der Waals surface area contributed by atoms with Gasteiger partial charge in [0, 0.05) is 16.9 Å². The van der Waals surface area contributed by atoms with Crippen LogP contribution < -0.4 is 20.4 Å². The van der Waals surface area contributed by atoms with E-state index >= 15 is 0 Å². The van der Waals surface area contributed by atoms with Gasteiger partial charge in [0.15, 0.2) is 5.82 Å². The lowest BCUT2D eigenvalue weighted by atomic mass is 10.2. The lowest BCUT2D eigenvalue weighted by Crippen LogP contribution is -2.48. The van der Waals surface area contributed by atoms with Gasteiger partial charge in [-0.1, -0.05) is 12.1 Å². The minimum atomic E-state index is -0.347. The highest BCUT2D eigenvalue weighted by molar-refractivity contribution is 5.99. The molecular formula is C29H33N7O4. The van der Waals surface area contributed by atoms with Crippen LogP contribution in [0.5, 0.6) is 0 Å². The minimum absolute atomic E-state index is 0.0375. The lowest BCUT2D eigenvalue weighted by molar-refractivity contribution is 0.0885. The largest absolute Gasteiger partial charge is 0.392 e. The number of hydrogen-bond acceptors (Lipinski definition) is 9. The molecule has 0 radical (unpaired) electrons. The highest BCUT2D eigenvalue weighted by Crippen LogP contribution is 2.37. The summed E-state index contributed by atoms with van der Waals surface area (Å²) in [5, 5.41) is 14.9.